The van der Waals surface area contributed by atoms with Crippen molar-refractivity contribution < 1.29 is 4.74 Å². The molecule has 1 saturated heterocycles. The lowest BCUT2D eigenvalue weighted by Gasteiger charge is -2.22. The zero-order valence-electron chi connectivity index (χ0n) is 10.2. The molecule has 0 saturated carbocycles. The lowest BCUT2D eigenvalue weighted by Crippen LogP contribution is -2.28. The van der Waals surface area contributed by atoms with Gasteiger partial charge in [0.15, 0.2) is 0 Å². The molecular weight excluding hydrogens is 234 g/mol. The van der Waals surface area contributed by atoms with E-state index in [0.717, 1.165) is 19.1 Å². The molecule has 1 aromatic rings. The Bertz CT molecular complexity index is 286. The predicted molar refractivity (Wildman–Crippen MR) is 73.6 cm³/mol. The van der Waals surface area contributed by atoms with Crippen molar-refractivity contribution in [3.8, 4) is 0 Å². The fourth-order valence-corrected chi connectivity index (χ4v) is 2.18. The van der Waals surface area contributed by atoms with Crippen LogP contribution >= 0.6 is 12.4 Å². The van der Waals surface area contributed by atoms with Gasteiger partial charge in [-0.2, -0.15) is 0 Å². The van der Waals surface area contributed by atoms with Gasteiger partial charge in [-0.3, -0.25) is 0 Å². The molecule has 1 fully saturated rings. The van der Waals surface area contributed by atoms with E-state index in [4.69, 9.17) is 4.74 Å². The number of rotatable bonds is 5. The van der Waals surface area contributed by atoms with Crippen LogP contribution in [-0.4, -0.2) is 19.7 Å². The monoisotopic (exact) mass is 255 g/mol. The number of halogens is 1. The second kappa shape index (κ2) is 8.51. The highest BCUT2D eigenvalue weighted by Crippen LogP contribution is 2.15. The molecule has 0 aromatic heterocycles. The molecule has 1 N–H and O–H groups in total. The first-order chi connectivity index (χ1) is 7.95. The van der Waals surface area contributed by atoms with Gasteiger partial charge in [-0.25, -0.2) is 0 Å². The molecule has 1 aromatic carbocycles. The number of hydrogen-bond acceptors (Lipinski definition) is 2. The number of nitrogens with one attached hydrogen (secondary N) is 1. The summed E-state index contributed by atoms with van der Waals surface area (Å²) in [5.41, 5.74) is 1.27. The van der Waals surface area contributed by atoms with Crippen LogP contribution in [0.2, 0.25) is 0 Å². The van der Waals surface area contributed by atoms with Crippen LogP contribution < -0.4 is 5.32 Å². The Balaban J connectivity index is 0.00000144. The van der Waals surface area contributed by atoms with Crippen LogP contribution in [0.3, 0.4) is 0 Å². The maximum Gasteiger partial charge on any atom is 0.0716 e. The summed E-state index contributed by atoms with van der Waals surface area (Å²) in [5.74, 6) is 0.872. The van der Waals surface area contributed by atoms with Gasteiger partial charge in [0.05, 0.1) is 6.61 Å². The van der Waals surface area contributed by atoms with E-state index in [1.165, 1.54) is 37.9 Å². The van der Waals surface area contributed by atoms with Crippen molar-refractivity contribution in [3.63, 3.8) is 0 Å². The molecule has 0 radical (unpaired) electrons. The molecule has 17 heavy (non-hydrogen) atoms. The first-order valence-electron chi connectivity index (χ1n) is 6.27. The summed E-state index contributed by atoms with van der Waals surface area (Å²) in [7, 11) is 0. The standard InChI is InChI=1S/C14H21NO.ClH/c1-2-4-14(5-3-1)12-16-11-8-13-6-9-15-10-7-13;/h1-5,13,15H,6-12H2;1H. The number of ether oxygens (including phenoxy) is 1. The van der Waals surface area contributed by atoms with Crippen molar-refractivity contribution >= 4 is 12.4 Å². The van der Waals surface area contributed by atoms with Gasteiger partial charge < -0.3 is 10.1 Å². The molecule has 1 aliphatic heterocycles. The quantitative estimate of drug-likeness (QED) is 0.817. The third-order valence-electron chi connectivity index (χ3n) is 3.24. The largest absolute Gasteiger partial charge is 0.377 e. The first-order valence-corrected chi connectivity index (χ1v) is 6.27. The summed E-state index contributed by atoms with van der Waals surface area (Å²) in [4.78, 5) is 0. The molecule has 0 amide bonds. The van der Waals surface area contributed by atoms with Crippen molar-refractivity contribution in [2.24, 2.45) is 5.92 Å². The predicted octanol–water partition coefficient (Wildman–Crippen LogP) is 3.01. The molecule has 0 aliphatic carbocycles. The maximum atomic E-state index is 5.70. The van der Waals surface area contributed by atoms with Crippen LogP contribution in [0.1, 0.15) is 24.8 Å². The maximum absolute atomic E-state index is 5.70. The smallest absolute Gasteiger partial charge is 0.0716 e. The molecule has 96 valence electrons. The van der Waals surface area contributed by atoms with Crippen molar-refractivity contribution in [1.29, 1.82) is 0 Å². The summed E-state index contributed by atoms with van der Waals surface area (Å²) in [6, 6.07) is 10.4. The van der Waals surface area contributed by atoms with Crippen LogP contribution in [0, 0.1) is 5.92 Å². The minimum atomic E-state index is 0. The highest BCUT2D eigenvalue weighted by atomic mass is 35.5. The van der Waals surface area contributed by atoms with Crippen LogP contribution in [0.15, 0.2) is 30.3 Å². The van der Waals surface area contributed by atoms with Crippen molar-refractivity contribution in [3.05, 3.63) is 35.9 Å². The summed E-state index contributed by atoms with van der Waals surface area (Å²) in [5, 5.41) is 3.39. The van der Waals surface area contributed by atoms with Gasteiger partial charge in [0.25, 0.3) is 0 Å². The fourth-order valence-electron chi connectivity index (χ4n) is 2.18. The second-order valence-electron chi connectivity index (χ2n) is 4.52. The highest BCUT2D eigenvalue weighted by Gasteiger charge is 2.12. The summed E-state index contributed by atoms with van der Waals surface area (Å²) in [6.45, 7) is 4.03. The van der Waals surface area contributed by atoms with Crippen LogP contribution in [0.25, 0.3) is 0 Å². The first kappa shape index (κ1) is 14.5. The zero-order chi connectivity index (χ0) is 11.1. The van der Waals surface area contributed by atoms with Crippen molar-refractivity contribution in [1.82, 2.24) is 5.32 Å². The van der Waals surface area contributed by atoms with Crippen molar-refractivity contribution in [2.45, 2.75) is 25.9 Å². The van der Waals surface area contributed by atoms with Crippen LogP contribution in [0.5, 0.6) is 0 Å². The number of benzene rings is 1. The molecule has 3 heteroatoms. The molecule has 1 aliphatic rings. The van der Waals surface area contributed by atoms with E-state index in [9.17, 15) is 0 Å². The van der Waals surface area contributed by atoms with Gasteiger partial charge in [0, 0.05) is 6.61 Å². The Hall–Kier alpha value is -0.570. The van der Waals surface area contributed by atoms with Gasteiger partial charge in [0.2, 0.25) is 0 Å². The van der Waals surface area contributed by atoms with E-state index >= 15 is 0 Å². The molecule has 0 unspecified atom stereocenters. The Morgan fingerprint density at radius 3 is 2.53 bits per heavy atom. The van der Waals surface area contributed by atoms with Crippen molar-refractivity contribution in [2.75, 3.05) is 19.7 Å². The van der Waals surface area contributed by atoms with E-state index in [1.54, 1.807) is 0 Å². The van der Waals surface area contributed by atoms with Gasteiger partial charge in [0.1, 0.15) is 0 Å². The molecule has 0 atom stereocenters. The number of piperidine rings is 1. The Morgan fingerprint density at radius 2 is 1.82 bits per heavy atom. The fraction of sp³-hybridized carbons (Fsp3) is 0.571. The SMILES string of the molecule is Cl.c1ccc(COCCC2CCNCC2)cc1. The van der Waals surface area contributed by atoms with Crippen LogP contribution in [0.4, 0.5) is 0 Å². The third kappa shape index (κ3) is 5.53. The summed E-state index contributed by atoms with van der Waals surface area (Å²) < 4.78 is 5.70. The average Bonchev–Trinajstić information content (AvgIpc) is 2.37. The molecule has 2 rings (SSSR count). The molecular formula is C14H22ClNO. The Labute approximate surface area is 110 Å². The normalized spacial score (nSPS) is 16.5. The van der Waals surface area contributed by atoms with Crippen LogP contribution in [-0.2, 0) is 11.3 Å². The Kier molecular flexibility index (Phi) is 7.25. The van der Waals surface area contributed by atoms with E-state index < -0.39 is 0 Å². The Morgan fingerprint density at radius 1 is 1.12 bits per heavy atom. The lowest BCUT2D eigenvalue weighted by molar-refractivity contribution is 0.103. The number of hydrogen-bond donors (Lipinski definition) is 1. The van der Waals surface area contributed by atoms with Gasteiger partial charge in [-0.15, -0.1) is 12.4 Å². The molecule has 2 nitrogen and oxygen atoms in total. The minimum absolute atomic E-state index is 0. The molecule has 0 spiro atoms. The zero-order valence-corrected chi connectivity index (χ0v) is 11.0. The highest BCUT2D eigenvalue weighted by molar-refractivity contribution is 5.85. The minimum Gasteiger partial charge on any atom is -0.377 e. The van der Waals surface area contributed by atoms with Gasteiger partial charge >= 0.3 is 0 Å². The van der Waals surface area contributed by atoms with E-state index in [-0.39, 0.29) is 12.4 Å². The topological polar surface area (TPSA) is 21.3 Å². The molecule has 0 bridgehead atoms. The van der Waals surface area contributed by atoms with E-state index in [1.807, 2.05) is 6.07 Å². The lowest BCUT2D eigenvalue weighted by atomic mass is 9.95. The van der Waals surface area contributed by atoms with E-state index in [0.29, 0.717) is 0 Å². The van der Waals surface area contributed by atoms with Gasteiger partial charge in [-0.1, -0.05) is 30.3 Å². The third-order valence-corrected chi connectivity index (χ3v) is 3.24. The summed E-state index contributed by atoms with van der Waals surface area (Å²) >= 11 is 0. The average molecular weight is 256 g/mol. The molecule has 1 heterocycles. The second-order valence-corrected chi connectivity index (χ2v) is 4.52. The van der Waals surface area contributed by atoms with E-state index in [2.05, 4.69) is 29.6 Å². The summed E-state index contributed by atoms with van der Waals surface area (Å²) in [6.07, 6.45) is 3.85. The van der Waals surface area contributed by atoms with Gasteiger partial charge in [-0.05, 0) is 43.8 Å².